The Morgan fingerprint density at radius 1 is 1.30 bits per heavy atom. The molecule has 0 aliphatic rings. The number of aliphatic hydroxyl groups is 1. The highest BCUT2D eigenvalue weighted by Gasteiger charge is 2.18. The normalized spacial score (nSPS) is 13.5. The van der Waals surface area contributed by atoms with Crippen molar-refractivity contribution in [1.29, 1.82) is 0 Å². The van der Waals surface area contributed by atoms with Crippen LogP contribution in [0.25, 0.3) is 0 Å². The molecule has 2 atom stereocenters. The second-order valence-corrected chi connectivity index (χ2v) is 4.61. The van der Waals surface area contributed by atoms with Gasteiger partial charge >= 0.3 is 0 Å². The largest absolute Gasteiger partial charge is 0.391 e. The molecule has 1 aromatic heterocycles. The molecule has 0 radical (unpaired) electrons. The van der Waals surface area contributed by atoms with Crippen LogP contribution in [0.2, 0.25) is 0 Å². The molecule has 104 valence electrons. The summed E-state index contributed by atoms with van der Waals surface area (Å²) in [6.07, 6.45) is 4.19. The van der Waals surface area contributed by atoms with Gasteiger partial charge in [0, 0.05) is 18.8 Å². The Hall–Kier alpha value is -2.27. The minimum atomic E-state index is -0.655. The van der Waals surface area contributed by atoms with Gasteiger partial charge in [-0.2, -0.15) is 0 Å². The Balaban J connectivity index is 1.91. The van der Waals surface area contributed by atoms with Gasteiger partial charge in [0.2, 0.25) is 0 Å². The van der Waals surface area contributed by atoms with Gasteiger partial charge in [-0.15, -0.1) is 0 Å². The average molecular weight is 271 g/mol. The molecular formula is C15H17N3O2. The quantitative estimate of drug-likeness (QED) is 0.857. The summed E-state index contributed by atoms with van der Waals surface area (Å²) in [6.45, 7) is 1.77. The number of hydrogen-bond acceptors (Lipinski definition) is 4. The van der Waals surface area contributed by atoms with Gasteiger partial charge < -0.3 is 10.4 Å². The van der Waals surface area contributed by atoms with Crippen molar-refractivity contribution in [2.24, 2.45) is 0 Å². The zero-order chi connectivity index (χ0) is 14.4. The third-order valence-electron chi connectivity index (χ3n) is 3.02. The van der Waals surface area contributed by atoms with E-state index < -0.39 is 6.10 Å². The monoisotopic (exact) mass is 271 g/mol. The van der Waals surface area contributed by atoms with Gasteiger partial charge in [0.25, 0.3) is 5.91 Å². The fourth-order valence-electron chi connectivity index (χ4n) is 1.83. The lowest BCUT2D eigenvalue weighted by Crippen LogP contribution is -2.42. The SMILES string of the molecule is CC(NC(=O)c1cnccn1)C(O)Cc1ccccc1. The minimum Gasteiger partial charge on any atom is -0.391 e. The molecule has 0 aliphatic heterocycles. The lowest BCUT2D eigenvalue weighted by atomic mass is 10.0. The van der Waals surface area contributed by atoms with Crippen LogP contribution in [0.4, 0.5) is 0 Å². The molecule has 5 heteroatoms. The molecule has 20 heavy (non-hydrogen) atoms. The Morgan fingerprint density at radius 3 is 2.70 bits per heavy atom. The molecule has 1 heterocycles. The lowest BCUT2D eigenvalue weighted by Gasteiger charge is -2.20. The standard InChI is InChI=1S/C15H17N3O2/c1-11(14(19)9-12-5-3-2-4-6-12)18-15(20)13-10-16-7-8-17-13/h2-8,10-11,14,19H,9H2,1H3,(H,18,20). The Bertz CT molecular complexity index is 546. The maximum atomic E-state index is 11.9. The number of nitrogens with zero attached hydrogens (tertiary/aromatic N) is 2. The van der Waals surface area contributed by atoms with E-state index in [9.17, 15) is 9.90 Å². The van der Waals surface area contributed by atoms with Gasteiger partial charge in [0.05, 0.1) is 18.3 Å². The first-order valence-corrected chi connectivity index (χ1v) is 6.45. The van der Waals surface area contributed by atoms with E-state index in [1.54, 1.807) is 6.92 Å². The summed E-state index contributed by atoms with van der Waals surface area (Å²) in [5.41, 5.74) is 1.27. The summed E-state index contributed by atoms with van der Waals surface area (Å²) in [4.78, 5) is 19.6. The van der Waals surface area contributed by atoms with Gasteiger partial charge in [-0.1, -0.05) is 30.3 Å². The van der Waals surface area contributed by atoms with E-state index in [4.69, 9.17) is 0 Å². The summed E-state index contributed by atoms with van der Waals surface area (Å²) in [7, 11) is 0. The van der Waals surface area contributed by atoms with Crippen molar-refractivity contribution in [3.05, 3.63) is 60.2 Å². The number of aliphatic hydroxyl groups excluding tert-OH is 1. The van der Waals surface area contributed by atoms with Gasteiger partial charge in [-0.25, -0.2) is 4.98 Å². The number of nitrogens with one attached hydrogen (secondary N) is 1. The summed E-state index contributed by atoms with van der Waals surface area (Å²) < 4.78 is 0. The number of rotatable bonds is 5. The fourth-order valence-corrected chi connectivity index (χ4v) is 1.83. The van der Waals surface area contributed by atoms with Crippen molar-refractivity contribution in [3.63, 3.8) is 0 Å². The van der Waals surface area contributed by atoms with Crippen LogP contribution in [0.5, 0.6) is 0 Å². The van der Waals surface area contributed by atoms with E-state index in [1.165, 1.54) is 18.6 Å². The van der Waals surface area contributed by atoms with Crippen molar-refractivity contribution in [1.82, 2.24) is 15.3 Å². The maximum absolute atomic E-state index is 11.9. The molecule has 0 saturated carbocycles. The van der Waals surface area contributed by atoms with Crippen LogP contribution in [0.1, 0.15) is 23.0 Å². The van der Waals surface area contributed by atoms with E-state index in [2.05, 4.69) is 15.3 Å². The highest BCUT2D eigenvalue weighted by atomic mass is 16.3. The van der Waals surface area contributed by atoms with Crippen molar-refractivity contribution in [2.75, 3.05) is 0 Å². The number of amides is 1. The number of benzene rings is 1. The lowest BCUT2D eigenvalue weighted by molar-refractivity contribution is 0.0846. The maximum Gasteiger partial charge on any atom is 0.271 e. The highest BCUT2D eigenvalue weighted by Crippen LogP contribution is 2.06. The third kappa shape index (κ3) is 3.86. The number of hydrogen-bond donors (Lipinski definition) is 2. The van der Waals surface area contributed by atoms with Gasteiger partial charge in [-0.3, -0.25) is 9.78 Å². The van der Waals surface area contributed by atoms with Gasteiger partial charge in [0.15, 0.2) is 0 Å². The molecule has 2 unspecified atom stereocenters. The summed E-state index contributed by atoms with van der Waals surface area (Å²) >= 11 is 0. The molecule has 0 fully saturated rings. The molecule has 2 N–H and O–H groups in total. The van der Waals surface area contributed by atoms with E-state index in [1.807, 2.05) is 30.3 Å². The molecule has 1 amide bonds. The molecule has 2 aromatic rings. The molecule has 0 spiro atoms. The average Bonchev–Trinajstić information content (AvgIpc) is 2.49. The van der Waals surface area contributed by atoms with Gasteiger partial charge in [-0.05, 0) is 12.5 Å². The molecule has 5 nitrogen and oxygen atoms in total. The van der Waals surface area contributed by atoms with E-state index in [0.717, 1.165) is 5.56 Å². The number of carbonyl (C=O) groups excluding carboxylic acids is 1. The second-order valence-electron chi connectivity index (χ2n) is 4.61. The summed E-state index contributed by atoms with van der Waals surface area (Å²) in [5.74, 6) is -0.335. The van der Waals surface area contributed by atoms with Crippen LogP contribution in [0.3, 0.4) is 0 Å². The van der Waals surface area contributed by atoms with Crippen LogP contribution in [0.15, 0.2) is 48.9 Å². The Kier molecular flexibility index (Phi) is 4.79. The Morgan fingerprint density at radius 2 is 2.05 bits per heavy atom. The van der Waals surface area contributed by atoms with Gasteiger partial charge in [0.1, 0.15) is 5.69 Å². The first-order chi connectivity index (χ1) is 9.66. The predicted octanol–water partition coefficient (Wildman–Crippen LogP) is 1.20. The second kappa shape index (κ2) is 6.77. The van der Waals surface area contributed by atoms with Crippen molar-refractivity contribution < 1.29 is 9.90 Å². The smallest absolute Gasteiger partial charge is 0.271 e. The van der Waals surface area contributed by atoms with Crippen LogP contribution < -0.4 is 5.32 Å². The van der Waals surface area contributed by atoms with E-state index in [0.29, 0.717) is 6.42 Å². The summed E-state index contributed by atoms with van der Waals surface area (Å²) in [6, 6.07) is 9.29. The Labute approximate surface area is 117 Å². The third-order valence-corrected chi connectivity index (χ3v) is 3.02. The number of carbonyl (C=O) groups is 1. The minimum absolute atomic E-state index is 0.242. The highest BCUT2D eigenvalue weighted by molar-refractivity contribution is 5.92. The molecule has 0 aliphatic carbocycles. The van der Waals surface area contributed by atoms with Crippen molar-refractivity contribution in [2.45, 2.75) is 25.5 Å². The number of aromatic nitrogens is 2. The molecule has 0 bridgehead atoms. The van der Waals surface area contributed by atoms with Crippen LogP contribution in [0, 0.1) is 0 Å². The van der Waals surface area contributed by atoms with Crippen LogP contribution in [-0.4, -0.2) is 33.1 Å². The van der Waals surface area contributed by atoms with Crippen molar-refractivity contribution >= 4 is 5.91 Å². The first kappa shape index (κ1) is 14.1. The first-order valence-electron chi connectivity index (χ1n) is 6.45. The van der Waals surface area contributed by atoms with Crippen molar-refractivity contribution in [3.8, 4) is 0 Å². The molecular weight excluding hydrogens is 254 g/mol. The summed E-state index contributed by atoms with van der Waals surface area (Å²) in [5, 5.41) is 12.8. The fraction of sp³-hybridized carbons (Fsp3) is 0.267. The zero-order valence-corrected chi connectivity index (χ0v) is 11.2. The van der Waals surface area contributed by atoms with E-state index in [-0.39, 0.29) is 17.6 Å². The van der Waals surface area contributed by atoms with Crippen LogP contribution in [-0.2, 0) is 6.42 Å². The molecule has 1 aromatic carbocycles. The molecule has 0 saturated heterocycles. The van der Waals surface area contributed by atoms with Crippen LogP contribution >= 0.6 is 0 Å². The zero-order valence-electron chi connectivity index (χ0n) is 11.2. The van der Waals surface area contributed by atoms with E-state index >= 15 is 0 Å². The molecule has 2 rings (SSSR count). The topological polar surface area (TPSA) is 75.1 Å². The predicted molar refractivity (Wildman–Crippen MR) is 75.1 cm³/mol.